The predicted molar refractivity (Wildman–Crippen MR) is 62.6 cm³/mol. The summed E-state index contributed by atoms with van der Waals surface area (Å²) in [6.45, 7) is 1.96. The molecule has 1 aliphatic rings. The highest BCUT2D eigenvalue weighted by atomic mass is 16.6. The van der Waals surface area contributed by atoms with Gasteiger partial charge in [0.15, 0.2) is 0 Å². The molecule has 1 saturated heterocycles. The third-order valence-corrected chi connectivity index (χ3v) is 2.79. The van der Waals surface area contributed by atoms with E-state index in [1.807, 2.05) is 0 Å². The van der Waals surface area contributed by atoms with Crippen molar-refractivity contribution < 1.29 is 4.92 Å². The van der Waals surface area contributed by atoms with Crippen LogP contribution in [0.25, 0.3) is 0 Å². The first-order valence-electron chi connectivity index (χ1n) is 5.47. The van der Waals surface area contributed by atoms with Gasteiger partial charge in [0.05, 0.1) is 4.92 Å². The molecule has 0 spiro atoms. The molecule has 16 heavy (non-hydrogen) atoms. The quantitative estimate of drug-likeness (QED) is 0.600. The van der Waals surface area contributed by atoms with E-state index in [4.69, 9.17) is 0 Å². The highest BCUT2D eigenvalue weighted by Gasteiger charge is 2.13. The molecule has 1 aromatic rings. The van der Waals surface area contributed by atoms with E-state index in [2.05, 4.69) is 10.6 Å². The number of nitro benzene ring substituents is 1. The molecule has 0 bridgehead atoms. The maximum absolute atomic E-state index is 10.5. The predicted octanol–water partition coefficient (Wildman–Crippen LogP) is 1.76. The standard InChI is InChI=1S/C11H15N3O2/c15-14(16)11-5-3-9(4-6-11)13-8-10-2-1-7-12-10/h3-6,10,12-13H,1-2,7-8H2/t10-/m0/s1. The van der Waals surface area contributed by atoms with Gasteiger partial charge >= 0.3 is 0 Å². The molecule has 0 saturated carbocycles. The molecule has 1 aromatic carbocycles. The zero-order chi connectivity index (χ0) is 11.4. The maximum atomic E-state index is 10.5. The van der Waals surface area contributed by atoms with Gasteiger partial charge in [0.2, 0.25) is 0 Å². The molecule has 0 aromatic heterocycles. The molecule has 1 aliphatic heterocycles. The van der Waals surface area contributed by atoms with Gasteiger partial charge in [-0.05, 0) is 31.5 Å². The lowest BCUT2D eigenvalue weighted by molar-refractivity contribution is -0.384. The first-order valence-corrected chi connectivity index (χ1v) is 5.47. The van der Waals surface area contributed by atoms with Crippen molar-refractivity contribution in [2.75, 3.05) is 18.4 Å². The monoisotopic (exact) mass is 221 g/mol. The maximum Gasteiger partial charge on any atom is 0.269 e. The molecule has 5 heteroatoms. The van der Waals surface area contributed by atoms with Gasteiger partial charge < -0.3 is 10.6 Å². The Morgan fingerprint density at radius 2 is 2.19 bits per heavy atom. The van der Waals surface area contributed by atoms with Crippen molar-refractivity contribution in [3.8, 4) is 0 Å². The molecule has 0 amide bonds. The molecule has 0 unspecified atom stereocenters. The summed E-state index contributed by atoms with van der Waals surface area (Å²) in [4.78, 5) is 10.1. The molecule has 0 aliphatic carbocycles. The number of rotatable bonds is 4. The number of anilines is 1. The molecular formula is C11H15N3O2. The van der Waals surface area contributed by atoms with E-state index >= 15 is 0 Å². The van der Waals surface area contributed by atoms with Crippen LogP contribution in [0.5, 0.6) is 0 Å². The summed E-state index contributed by atoms with van der Waals surface area (Å²) in [5, 5.41) is 17.1. The van der Waals surface area contributed by atoms with Crippen molar-refractivity contribution >= 4 is 11.4 Å². The lowest BCUT2D eigenvalue weighted by Gasteiger charge is -2.12. The molecule has 1 heterocycles. The van der Waals surface area contributed by atoms with E-state index in [9.17, 15) is 10.1 Å². The highest BCUT2D eigenvalue weighted by molar-refractivity contribution is 5.48. The van der Waals surface area contributed by atoms with Crippen molar-refractivity contribution in [3.63, 3.8) is 0 Å². The van der Waals surface area contributed by atoms with E-state index in [-0.39, 0.29) is 10.6 Å². The van der Waals surface area contributed by atoms with Gasteiger partial charge in [-0.1, -0.05) is 0 Å². The fourth-order valence-corrected chi connectivity index (χ4v) is 1.87. The molecule has 5 nitrogen and oxygen atoms in total. The van der Waals surface area contributed by atoms with Crippen LogP contribution in [0.1, 0.15) is 12.8 Å². The van der Waals surface area contributed by atoms with Crippen molar-refractivity contribution in [1.29, 1.82) is 0 Å². The molecule has 2 N–H and O–H groups in total. The van der Waals surface area contributed by atoms with Crippen molar-refractivity contribution in [3.05, 3.63) is 34.4 Å². The van der Waals surface area contributed by atoms with Crippen molar-refractivity contribution in [1.82, 2.24) is 5.32 Å². The summed E-state index contributed by atoms with van der Waals surface area (Å²) < 4.78 is 0. The first kappa shape index (κ1) is 10.9. The average molecular weight is 221 g/mol. The van der Waals surface area contributed by atoms with E-state index < -0.39 is 0 Å². The summed E-state index contributed by atoms with van der Waals surface area (Å²) in [6.07, 6.45) is 2.42. The van der Waals surface area contributed by atoms with Gasteiger partial charge in [-0.2, -0.15) is 0 Å². The lowest BCUT2D eigenvalue weighted by Crippen LogP contribution is -2.29. The van der Waals surface area contributed by atoms with Crippen LogP contribution in [-0.2, 0) is 0 Å². The van der Waals surface area contributed by atoms with Crippen LogP contribution in [0, 0.1) is 10.1 Å². The largest absolute Gasteiger partial charge is 0.383 e. The number of nitrogens with one attached hydrogen (secondary N) is 2. The summed E-state index contributed by atoms with van der Waals surface area (Å²) in [5.41, 5.74) is 1.06. The minimum absolute atomic E-state index is 0.129. The Kier molecular flexibility index (Phi) is 3.36. The van der Waals surface area contributed by atoms with E-state index in [0.717, 1.165) is 18.8 Å². The number of nitro groups is 1. The topological polar surface area (TPSA) is 67.2 Å². The molecule has 1 atom stereocenters. The van der Waals surface area contributed by atoms with Crippen molar-refractivity contribution in [2.45, 2.75) is 18.9 Å². The number of hydrogen-bond donors (Lipinski definition) is 2. The minimum atomic E-state index is -0.387. The Morgan fingerprint density at radius 3 is 2.75 bits per heavy atom. The van der Waals surface area contributed by atoms with Crippen LogP contribution >= 0.6 is 0 Å². The van der Waals surface area contributed by atoms with E-state index in [1.165, 1.54) is 25.0 Å². The Bertz CT molecular complexity index is 358. The number of non-ortho nitro benzene ring substituents is 1. The zero-order valence-electron chi connectivity index (χ0n) is 8.98. The third kappa shape index (κ3) is 2.70. The van der Waals surface area contributed by atoms with Gasteiger partial charge in [0.1, 0.15) is 0 Å². The fourth-order valence-electron chi connectivity index (χ4n) is 1.87. The molecule has 2 rings (SSSR count). The lowest BCUT2D eigenvalue weighted by atomic mass is 10.2. The zero-order valence-corrected chi connectivity index (χ0v) is 8.98. The molecule has 0 radical (unpaired) electrons. The molecule has 86 valence electrons. The van der Waals surface area contributed by atoms with Crippen LogP contribution in [-0.4, -0.2) is 24.1 Å². The van der Waals surface area contributed by atoms with Crippen molar-refractivity contribution in [2.24, 2.45) is 0 Å². The van der Waals surface area contributed by atoms with Gasteiger partial charge in [-0.15, -0.1) is 0 Å². The first-order chi connectivity index (χ1) is 7.75. The van der Waals surface area contributed by atoms with Gasteiger partial charge in [0, 0.05) is 30.4 Å². The summed E-state index contributed by atoms with van der Waals surface area (Å²) >= 11 is 0. The smallest absolute Gasteiger partial charge is 0.269 e. The normalized spacial score (nSPS) is 19.6. The third-order valence-electron chi connectivity index (χ3n) is 2.79. The second-order valence-corrected chi connectivity index (χ2v) is 3.98. The Hall–Kier alpha value is -1.62. The van der Waals surface area contributed by atoms with Crippen LogP contribution in [0.15, 0.2) is 24.3 Å². The van der Waals surface area contributed by atoms with Gasteiger partial charge in [0.25, 0.3) is 5.69 Å². The SMILES string of the molecule is O=[N+]([O-])c1ccc(NC[C@@H]2CCCN2)cc1. The molecular weight excluding hydrogens is 206 g/mol. The fraction of sp³-hybridized carbons (Fsp3) is 0.455. The minimum Gasteiger partial charge on any atom is -0.383 e. The van der Waals surface area contributed by atoms with Crippen LogP contribution < -0.4 is 10.6 Å². The number of nitrogens with zero attached hydrogens (tertiary/aromatic N) is 1. The van der Waals surface area contributed by atoms with Gasteiger partial charge in [-0.3, -0.25) is 10.1 Å². The van der Waals surface area contributed by atoms with E-state index in [1.54, 1.807) is 12.1 Å². The van der Waals surface area contributed by atoms with Crippen LogP contribution in [0.4, 0.5) is 11.4 Å². The van der Waals surface area contributed by atoms with E-state index in [0.29, 0.717) is 6.04 Å². The van der Waals surface area contributed by atoms with Crippen LogP contribution in [0.2, 0.25) is 0 Å². The summed E-state index contributed by atoms with van der Waals surface area (Å²) in [6, 6.07) is 7.05. The highest BCUT2D eigenvalue weighted by Crippen LogP contribution is 2.15. The number of benzene rings is 1. The summed E-state index contributed by atoms with van der Waals surface area (Å²) in [7, 11) is 0. The Morgan fingerprint density at radius 1 is 1.44 bits per heavy atom. The second-order valence-electron chi connectivity index (χ2n) is 3.98. The second kappa shape index (κ2) is 4.94. The summed E-state index contributed by atoms with van der Waals surface area (Å²) in [5.74, 6) is 0. The molecule has 1 fully saturated rings. The van der Waals surface area contributed by atoms with Gasteiger partial charge in [-0.25, -0.2) is 0 Å². The average Bonchev–Trinajstić information content (AvgIpc) is 2.80. The van der Waals surface area contributed by atoms with Crippen LogP contribution in [0.3, 0.4) is 0 Å². The number of hydrogen-bond acceptors (Lipinski definition) is 4. The Balaban J connectivity index is 1.87. The Labute approximate surface area is 94.0 Å².